The van der Waals surface area contributed by atoms with Crippen molar-refractivity contribution in [2.24, 2.45) is 0 Å². The Bertz CT molecular complexity index is 535. The summed E-state index contributed by atoms with van der Waals surface area (Å²) in [7, 11) is 0. The van der Waals surface area contributed by atoms with Crippen LogP contribution in [-0.2, 0) is 16.1 Å². The molecule has 0 radical (unpaired) electrons. The standard InChI is InChI=1S/C18H26N2O3.ClH/c1-13-17(19-10-11-22-13)18(21)20-12-14-6-2-5-9-16(14)23-15-7-3-4-8-15;/h2,5-6,9,13,15,17,19H,3-4,7-8,10-12H2,1H3,(H,20,21);1H/t13-,17+;/m1./s1. The Kier molecular flexibility index (Phi) is 7.34. The highest BCUT2D eigenvalue weighted by atomic mass is 35.5. The molecule has 134 valence electrons. The molecule has 1 aliphatic carbocycles. The first kappa shape index (κ1) is 19.0. The van der Waals surface area contributed by atoms with Gasteiger partial charge >= 0.3 is 0 Å². The third-order valence-corrected chi connectivity index (χ3v) is 4.62. The van der Waals surface area contributed by atoms with E-state index in [4.69, 9.17) is 9.47 Å². The van der Waals surface area contributed by atoms with Crippen molar-refractivity contribution >= 4 is 18.3 Å². The van der Waals surface area contributed by atoms with Crippen molar-refractivity contribution in [3.8, 4) is 5.75 Å². The number of ether oxygens (including phenoxy) is 2. The summed E-state index contributed by atoms with van der Waals surface area (Å²) >= 11 is 0. The zero-order valence-electron chi connectivity index (χ0n) is 14.1. The maximum Gasteiger partial charge on any atom is 0.240 e. The molecule has 24 heavy (non-hydrogen) atoms. The first-order chi connectivity index (χ1) is 11.2. The molecule has 1 saturated heterocycles. The van der Waals surface area contributed by atoms with Gasteiger partial charge in [0.2, 0.25) is 5.91 Å². The summed E-state index contributed by atoms with van der Waals surface area (Å²) in [5.74, 6) is 0.869. The van der Waals surface area contributed by atoms with Crippen LogP contribution in [0.2, 0.25) is 0 Å². The van der Waals surface area contributed by atoms with Crippen LogP contribution in [0.3, 0.4) is 0 Å². The molecular formula is C18H27ClN2O3. The third-order valence-electron chi connectivity index (χ3n) is 4.62. The van der Waals surface area contributed by atoms with Gasteiger partial charge in [0, 0.05) is 18.7 Å². The molecule has 5 nitrogen and oxygen atoms in total. The van der Waals surface area contributed by atoms with E-state index in [0.717, 1.165) is 24.2 Å². The monoisotopic (exact) mass is 354 g/mol. The van der Waals surface area contributed by atoms with Crippen LogP contribution in [0.4, 0.5) is 0 Å². The molecule has 1 aliphatic heterocycles. The summed E-state index contributed by atoms with van der Waals surface area (Å²) in [6.07, 6.45) is 4.96. The van der Waals surface area contributed by atoms with Crippen LogP contribution in [0.25, 0.3) is 0 Å². The molecule has 1 aromatic rings. The normalized spacial score (nSPS) is 24.2. The molecule has 3 rings (SSSR count). The van der Waals surface area contributed by atoms with Crippen LogP contribution < -0.4 is 15.4 Å². The summed E-state index contributed by atoms with van der Waals surface area (Å²) in [6.45, 7) is 3.77. The van der Waals surface area contributed by atoms with Crippen molar-refractivity contribution < 1.29 is 14.3 Å². The number of para-hydroxylation sites is 1. The van der Waals surface area contributed by atoms with E-state index >= 15 is 0 Å². The van der Waals surface area contributed by atoms with Gasteiger partial charge in [-0.2, -0.15) is 0 Å². The van der Waals surface area contributed by atoms with Gasteiger partial charge in [-0.25, -0.2) is 0 Å². The molecule has 2 fully saturated rings. The van der Waals surface area contributed by atoms with Gasteiger partial charge in [-0.3, -0.25) is 4.79 Å². The zero-order chi connectivity index (χ0) is 16.1. The number of halogens is 1. The van der Waals surface area contributed by atoms with Gasteiger partial charge in [0.1, 0.15) is 11.8 Å². The second-order valence-electron chi connectivity index (χ2n) is 6.36. The fourth-order valence-electron chi connectivity index (χ4n) is 3.27. The second-order valence-corrected chi connectivity index (χ2v) is 6.36. The number of nitrogens with one attached hydrogen (secondary N) is 2. The molecule has 0 bridgehead atoms. The van der Waals surface area contributed by atoms with Crippen LogP contribution in [0, 0.1) is 0 Å². The lowest BCUT2D eigenvalue weighted by Gasteiger charge is -2.29. The smallest absolute Gasteiger partial charge is 0.240 e. The van der Waals surface area contributed by atoms with Crippen LogP contribution in [-0.4, -0.2) is 37.3 Å². The first-order valence-corrected chi connectivity index (χ1v) is 8.61. The van der Waals surface area contributed by atoms with Crippen LogP contribution in [0.15, 0.2) is 24.3 Å². The fraction of sp³-hybridized carbons (Fsp3) is 0.611. The van der Waals surface area contributed by atoms with Gasteiger partial charge in [0.15, 0.2) is 0 Å². The quantitative estimate of drug-likeness (QED) is 0.852. The van der Waals surface area contributed by atoms with E-state index in [1.165, 1.54) is 12.8 Å². The highest BCUT2D eigenvalue weighted by Crippen LogP contribution is 2.26. The van der Waals surface area contributed by atoms with Gasteiger partial charge in [0.05, 0.1) is 18.8 Å². The summed E-state index contributed by atoms with van der Waals surface area (Å²) in [6, 6.07) is 7.68. The number of benzene rings is 1. The molecule has 1 saturated carbocycles. The summed E-state index contributed by atoms with van der Waals surface area (Å²) in [4.78, 5) is 12.3. The molecule has 1 amide bonds. The second kappa shape index (κ2) is 9.25. The van der Waals surface area contributed by atoms with Gasteiger partial charge in [-0.15, -0.1) is 12.4 Å². The van der Waals surface area contributed by atoms with E-state index in [0.29, 0.717) is 25.8 Å². The average molecular weight is 355 g/mol. The highest BCUT2D eigenvalue weighted by molar-refractivity contribution is 5.85. The molecule has 6 heteroatoms. The van der Waals surface area contributed by atoms with Crippen molar-refractivity contribution in [2.75, 3.05) is 13.2 Å². The third kappa shape index (κ3) is 4.85. The number of morpholine rings is 1. The predicted octanol–water partition coefficient (Wildman–Crippen LogP) is 2.42. The number of hydrogen-bond donors (Lipinski definition) is 2. The van der Waals surface area contributed by atoms with E-state index in [2.05, 4.69) is 10.6 Å². The Labute approximate surface area is 149 Å². The van der Waals surface area contributed by atoms with Crippen molar-refractivity contribution in [1.29, 1.82) is 0 Å². The number of carbonyl (C=O) groups excluding carboxylic acids is 1. The molecule has 1 aromatic carbocycles. The van der Waals surface area contributed by atoms with Gasteiger partial charge < -0.3 is 20.1 Å². The topological polar surface area (TPSA) is 59.6 Å². The van der Waals surface area contributed by atoms with Gasteiger partial charge in [-0.05, 0) is 38.7 Å². The average Bonchev–Trinajstić information content (AvgIpc) is 3.07. The molecule has 2 atom stereocenters. The Morgan fingerprint density at radius 3 is 2.83 bits per heavy atom. The van der Waals surface area contributed by atoms with Crippen LogP contribution >= 0.6 is 12.4 Å². The summed E-state index contributed by atoms with van der Waals surface area (Å²) in [5, 5.41) is 6.21. The Hall–Kier alpha value is -1.30. The largest absolute Gasteiger partial charge is 0.490 e. The Balaban J connectivity index is 0.00000208. The maximum absolute atomic E-state index is 12.3. The Morgan fingerprint density at radius 2 is 2.08 bits per heavy atom. The van der Waals surface area contributed by atoms with Gasteiger partial charge in [0.25, 0.3) is 0 Å². The minimum atomic E-state index is -0.285. The van der Waals surface area contributed by atoms with Crippen molar-refractivity contribution in [2.45, 2.75) is 57.4 Å². The lowest BCUT2D eigenvalue weighted by atomic mass is 10.1. The van der Waals surface area contributed by atoms with Gasteiger partial charge in [-0.1, -0.05) is 18.2 Å². The number of rotatable bonds is 5. The van der Waals surface area contributed by atoms with Crippen LogP contribution in [0.5, 0.6) is 5.75 Å². The predicted molar refractivity (Wildman–Crippen MR) is 95.6 cm³/mol. The number of amides is 1. The van der Waals surface area contributed by atoms with E-state index in [1.54, 1.807) is 0 Å². The minimum Gasteiger partial charge on any atom is -0.490 e. The fourth-order valence-corrected chi connectivity index (χ4v) is 3.27. The summed E-state index contributed by atoms with van der Waals surface area (Å²) < 4.78 is 11.6. The van der Waals surface area contributed by atoms with Crippen molar-refractivity contribution in [3.63, 3.8) is 0 Å². The summed E-state index contributed by atoms with van der Waals surface area (Å²) in [5.41, 5.74) is 1.03. The van der Waals surface area contributed by atoms with Crippen LogP contribution in [0.1, 0.15) is 38.2 Å². The molecule has 2 aliphatic rings. The lowest BCUT2D eigenvalue weighted by Crippen LogP contribution is -2.55. The van der Waals surface area contributed by atoms with E-state index in [1.807, 2.05) is 31.2 Å². The maximum atomic E-state index is 12.3. The molecule has 0 spiro atoms. The minimum absolute atomic E-state index is 0. The molecular weight excluding hydrogens is 328 g/mol. The highest BCUT2D eigenvalue weighted by Gasteiger charge is 2.28. The van der Waals surface area contributed by atoms with E-state index in [-0.39, 0.29) is 30.5 Å². The molecule has 2 N–H and O–H groups in total. The van der Waals surface area contributed by atoms with E-state index in [9.17, 15) is 4.79 Å². The molecule has 0 aromatic heterocycles. The van der Waals surface area contributed by atoms with Crippen molar-refractivity contribution in [1.82, 2.24) is 10.6 Å². The SMILES string of the molecule is C[C@H]1OCCN[C@@H]1C(=O)NCc1ccccc1OC1CCCC1.Cl. The molecule has 0 unspecified atom stereocenters. The molecule has 1 heterocycles. The number of carbonyl (C=O) groups is 1. The number of hydrogen-bond acceptors (Lipinski definition) is 4. The van der Waals surface area contributed by atoms with Crippen molar-refractivity contribution in [3.05, 3.63) is 29.8 Å². The van der Waals surface area contributed by atoms with E-state index < -0.39 is 0 Å². The Morgan fingerprint density at radius 1 is 1.33 bits per heavy atom. The first-order valence-electron chi connectivity index (χ1n) is 8.61. The lowest BCUT2D eigenvalue weighted by molar-refractivity contribution is -0.129. The zero-order valence-corrected chi connectivity index (χ0v) is 14.9.